The van der Waals surface area contributed by atoms with Gasteiger partial charge in [0.1, 0.15) is 17.7 Å². The lowest BCUT2D eigenvalue weighted by Gasteiger charge is -2.20. The number of hydrogen-bond acceptors (Lipinski definition) is 6. The second-order valence-electron chi connectivity index (χ2n) is 7.72. The van der Waals surface area contributed by atoms with E-state index in [1.54, 1.807) is 26.0 Å². The van der Waals surface area contributed by atoms with Crippen molar-refractivity contribution in [3.63, 3.8) is 0 Å². The largest absolute Gasteiger partial charge is 0.462 e. The monoisotopic (exact) mass is 542 g/mol. The Kier molecular flexibility index (Phi) is 10.4. The summed E-state index contributed by atoms with van der Waals surface area (Å²) in [5, 5.41) is 22.0. The second kappa shape index (κ2) is 13.9. The maximum Gasteiger partial charge on any atom is 0.350 e. The third kappa shape index (κ3) is 6.96. The predicted molar refractivity (Wildman–Crippen MR) is 150 cm³/mol. The zero-order valence-corrected chi connectivity index (χ0v) is 22.5. The van der Waals surface area contributed by atoms with E-state index in [2.05, 4.69) is 12.1 Å². The van der Waals surface area contributed by atoms with Crippen LogP contribution in [0.4, 0.5) is 0 Å². The Morgan fingerprint density at radius 3 is 1.84 bits per heavy atom. The van der Waals surface area contributed by atoms with Gasteiger partial charge in [-0.25, -0.2) is 9.59 Å². The molecule has 38 heavy (non-hydrogen) atoms. The Balaban J connectivity index is 1.99. The summed E-state index contributed by atoms with van der Waals surface area (Å²) in [6.07, 6.45) is 1.51. The minimum absolute atomic E-state index is 0.0348. The van der Waals surface area contributed by atoms with Crippen LogP contribution in [0.25, 0.3) is 11.1 Å². The Labute approximate surface area is 228 Å². The fourth-order valence-corrected chi connectivity index (χ4v) is 6.05. The van der Waals surface area contributed by atoms with Crippen molar-refractivity contribution >= 4 is 58.5 Å². The van der Waals surface area contributed by atoms with E-state index in [1.165, 1.54) is 6.08 Å². The summed E-state index contributed by atoms with van der Waals surface area (Å²) in [4.78, 5) is 24.1. The summed E-state index contributed by atoms with van der Waals surface area (Å²) < 4.78 is 9.87. The first-order valence-corrected chi connectivity index (χ1v) is 13.5. The fraction of sp³-hybridized carbons (Fsp3) is 0.133. The second-order valence-corrected chi connectivity index (χ2v) is 10.3. The van der Waals surface area contributed by atoms with Gasteiger partial charge >= 0.3 is 11.9 Å². The third-order valence-corrected chi connectivity index (χ3v) is 8.13. The lowest BCUT2D eigenvalue weighted by Crippen LogP contribution is -2.20. The van der Waals surface area contributed by atoms with Gasteiger partial charge in [0.25, 0.3) is 0 Å². The molecule has 8 heteroatoms. The fourth-order valence-electron chi connectivity index (χ4n) is 3.55. The first kappa shape index (κ1) is 28.4. The number of nitriles is 2. The molecule has 0 saturated heterocycles. The number of carbonyl (C=O) groups excluding carboxylic acids is 2. The quantitative estimate of drug-likeness (QED) is 0.164. The SMILES string of the molecule is CCOC(=O)/C(C#N)=C(\Cl)c1ccc(P(c2ccccc2)c2ccc(/C=C(\C#N)C(=O)OCC)cc2)cc1. The van der Waals surface area contributed by atoms with Gasteiger partial charge in [-0.05, 0) is 54.9 Å². The van der Waals surface area contributed by atoms with E-state index in [0.717, 1.165) is 15.9 Å². The molecule has 190 valence electrons. The van der Waals surface area contributed by atoms with Crippen molar-refractivity contribution in [3.8, 4) is 12.1 Å². The molecular formula is C30H24ClN2O4P. The molecule has 0 N–H and O–H groups in total. The van der Waals surface area contributed by atoms with E-state index < -0.39 is 19.9 Å². The van der Waals surface area contributed by atoms with Crippen molar-refractivity contribution in [2.45, 2.75) is 13.8 Å². The predicted octanol–water partition coefficient (Wildman–Crippen LogP) is 4.95. The summed E-state index contributed by atoms with van der Waals surface area (Å²) in [6, 6.07) is 28.8. The van der Waals surface area contributed by atoms with Crippen LogP contribution in [0.15, 0.2) is 90.0 Å². The lowest BCUT2D eigenvalue weighted by molar-refractivity contribution is -0.138. The molecule has 0 aliphatic rings. The van der Waals surface area contributed by atoms with Crippen molar-refractivity contribution in [1.82, 2.24) is 0 Å². The van der Waals surface area contributed by atoms with Crippen molar-refractivity contribution in [2.75, 3.05) is 13.2 Å². The van der Waals surface area contributed by atoms with Gasteiger partial charge in [0.2, 0.25) is 0 Å². The number of esters is 2. The minimum Gasteiger partial charge on any atom is -0.462 e. The molecule has 1 atom stereocenters. The van der Waals surface area contributed by atoms with Crippen LogP contribution >= 0.6 is 19.5 Å². The molecule has 0 aromatic heterocycles. The molecule has 0 radical (unpaired) electrons. The van der Waals surface area contributed by atoms with Gasteiger partial charge in [0.05, 0.1) is 18.2 Å². The number of carbonyl (C=O) groups is 2. The van der Waals surface area contributed by atoms with Crippen molar-refractivity contribution < 1.29 is 19.1 Å². The molecular weight excluding hydrogens is 519 g/mol. The van der Waals surface area contributed by atoms with Crippen LogP contribution < -0.4 is 15.9 Å². The molecule has 0 amide bonds. The molecule has 3 aromatic rings. The van der Waals surface area contributed by atoms with E-state index in [4.69, 9.17) is 21.1 Å². The summed E-state index contributed by atoms with van der Waals surface area (Å²) in [6.45, 7) is 3.68. The Morgan fingerprint density at radius 1 is 0.789 bits per heavy atom. The Bertz CT molecular complexity index is 1430. The van der Waals surface area contributed by atoms with E-state index in [1.807, 2.05) is 66.7 Å². The van der Waals surface area contributed by atoms with E-state index >= 15 is 0 Å². The Hall–Kier alpha value is -4.22. The van der Waals surface area contributed by atoms with E-state index in [-0.39, 0.29) is 29.4 Å². The highest BCUT2D eigenvalue weighted by atomic mass is 35.5. The van der Waals surface area contributed by atoms with Gasteiger partial charge in [0, 0.05) is 0 Å². The van der Waals surface area contributed by atoms with Crippen LogP contribution in [-0.2, 0) is 19.1 Å². The van der Waals surface area contributed by atoms with Crippen LogP contribution in [0.3, 0.4) is 0 Å². The average Bonchev–Trinajstić information content (AvgIpc) is 2.94. The van der Waals surface area contributed by atoms with Gasteiger partial charge in [-0.3, -0.25) is 0 Å². The molecule has 0 aliphatic heterocycles. The molecule has 0 spiro atoms. The molecule has 0 aliphatic carbocycles. The molecule has 1 unspecified atom stereocenters. The Morgan fingerprint density at radius 2 is 1.32 bits per heavy atom. The third-order valence-electron chi connectivity index (χ3n) is 5.28. The topological polar surface area (TPSA) is 100 Å². The highest BCUT2D eigenvalue weighted by molar-refractivity contribution is 7.79. The number of benzene rings is 3. The number of nitrogens with zero attached hydrogens (tertiary/aromatic N) is 2. The summed E-state index contributed by atoms with van der Waals surface area (Å²) >= 11 is 6.38. The number of hydrogen-bond donors (Lipinski definition) is 0. The highest BCUT2D eigenvalue weighted by Gasteiger charge is 2.19. The van der Waals surface area contributed by atoms with Crippen molar-refractivity contribution in [2.24, 2.45) is 0 Å². The molecule has 0 saturated carbocycles. The standard InChI is InChI=1S/C30H24ClN2O4P/c1-3-36-29(34)23(19-32)18-21-10-14-25(15-11-21)38(24-8-6-5-7-9-24)26-16-12-22(13-17-26)28(31)27(20-33)30(35)37-4-2/h5-18H,3-4H2,1-2H3/b23-18+,28-27-. The van der Waals surface area contributed by atoms with Gasteiger partial charge in [-0.1, -0.05) is 90.5 Å². The lowest BCUT2D eigenvalue weighted by atomic mass is 10.1. The van der Waals surface area contributed by atoms with Crippen LogP contribution in [0.2, 0.25) is 0 Å². The highest BCUT2D eigenvalue weighted by Crippen LogP contribution is 2.34. The van der Waals surface area contributed by atoms with Crippen molar-refractivity contribution in [3.05, 3.63) is 101 Å². The molecule has 0 heterocycles. The number of rotatable bonds is 9. The van der Waals surface area contributed by atoms with Crippen LogP contribution in [0.1, 0.15) is 25.0 Å². The number of halogens is 1. The summed E-state index contributed by atoms with van der Waals surface area (Å²) in [5.41, 5.74) is 0.933. The smallest absolute Gasteiger partial charge is 0.350 e. The molecule has 3 aromatic carbocycles. The van der Waals surface area contributed by atoms with Gasteiger partial charge in [0.15, 0.2) is 5.57 Å². The molecule has 0 bridgehead atoms. The number of ether oxygens (including phenoxy) is 2. The van der Waals surface area contributed by atoms with Crippen LogP contribution in [0.5, 0.6) is 0 Å². The maximum absolute atomic E-state index is 12.1. The van der Waals surface area contributed by atoms with E-state index in [9.17, 15) is 20.1 Å². The molecule has 6 nitrogen and oxygen atoms in total. The maximum atomic E-state index is 12.1. The summed E-state index contributed by atoms with van der Waals surface area (Å²) in [5.74, 6) is -1.41. The van der Waals surface area contributed by atoms with Crippen LogP contribution in [0, 0.1) is 22.7 Å². The van der Waals surface area contributed by atoms with Gasteiger partial charge < -0.3 is 9.47 Å². The van der Waals surface area contributed by atoms with Gasteiger partial charge in [-0.15, -0.1) is 0 Å². The average molecular weight is 543 g/mol. The summed E-state index contributed by atoms with van der Waals surface area (Å²) in [7, 11) is -0.962. The molecule has 0 fully saturated rings. The first-order chi connectivity index (χ1) is 18.4. The zero-order valence-electron chi connectivity index (χ0n) is 20.8. The van der Waals surface area contributed by atoms with Gasteiger partial charge in [-0.2, -0.15) is 10.5 Å². The molecule has 3 rings (SSSR count). The first-order valence-electron chi connectivity index (χ1n) is 11.7. The van der Waals surface area contributed by atoms with Crippen molar-refractivity contribution in [1.29, 1.82) is 10.5 Å². The normalized spacial score (nSPS) is 12.4. The van der Waals surface area contributed by atoms with Crippen LogP contribution in [-0.4, -0.2) is 25.2 Å². The van der Waals surface area contributed by atoms with E-state index in [0.29, 0.717) is 11.1 Å². The zero-order chi connectivity index (χ0) is 27.5. The minimum atomic E-state index is -0.962.